The molecule has 3 aliphatic rings. The number of fused-ring (bicyclic) bond motifs is 5. The van der Waals surface area contributed by atoms with Gasteiger partial charge in [0.25, 0.3) is 5.69 Å². The molecule has 3 aliphatic heterocycles. The minimum Gasteiger partial charge on any atom is -0.353 e. The molecule has 0 N–H and O–H groups in total. The number of imide groups is 1. The average molecular weight is 460 g/mol. The largest absolute Gasteiger partial charge is 0.353 e. The molecule has 0 aliphatic carbocycles. The van der Waals surface area contributed by atoms with Gasteiger partial charge in [0.2, 0.25) is 11.8 Å². The number of para-hydroxylation sites is 1. The number of ketones is 1. The van der Waals surface area contributed by atoms with Crippen molar-refractivity contribution in [2.75, 3.05) is 9.80 Å². The van der Waals surface area contributed by atoms with Gasteiger partial charge >= 0.3 is 0 Å². The first-order valence-corrected chi connectivity index (χ1v) is 11.2. The van der Waals surface area contributed by atoms with Gasteiger partial charge in [-0.05, 0) is 30.2 Å². The lowest BCUT2D eigenvalue weighted by Crippen LogP contribution is -2.51. The fourth-order valence-electron chi connectivity index (χ4n) is 5.50. The molecule has 0 spiro atoms. The molecule has 0 aromatic heterocycles. The van der Waals surface area contributed by atoms with Gasteiger partial charge in [-0.25, -0.2) is 4.90 Å². The van der Waals surface area contributed by atoms with E-state index in [2.05, 4.69) is 0 Å². The monoisotopic (exact) mass is 459 g/mol. The number of nitrogens with zero attached hydrogens (tertiary/aromatic N) is 3. The highest BCUT2D eigenvalue weighted by Crippen LogP contribution is 2.50. The molecular weight excluding hydrogens is 434 g/mol. The van der Waals surface area contributed by atoms with Gasteiger partial charge in [-0.15, -0.1) is 0 Å². The molecular formula is C26H25N3O5. The van der Waals surface area contributed by atoms with Crippen LogP contribution in [0.3, 0.4) is 0 Å². The van der Waals surface area contributed by atoms with E-state index in [1.165, 1.54) is 18.2 Å². The summed E-state index contributed by atoms with van der Waals surface area (Å²) >= 11 is 0. The van der Waals surface area contributed by atoms with E-state index >= 15 is 0 Å². The quantitative estimate of drug-likeness (QED) is 0.392. The van der Waals surface area contributed by atoms with E-state index in [9.17, 15) is 24.5 Å². The molecule has 4 atom stereocenters. The summed E-state index contributed by atoms with van der Waals surface area (Å²) in [5.74, 6) is -2.47. The van der Waals surface area contributed by atoms with Gasteiger partial charge in [-0.2, -0.15) is 0 Å². The molecule has 2 saturated heterocycles. The summed E-state index contributed by atoms with van der Waals surface area (Å²) in [4.78, 5) is 55.0. The maximum absolute atomic E-state index is 13.8. The Bertz CT molecular complexity index is 1290. The minimum atomic E-state index is -0.838. The molecule has 174 valence electrons. The van der Waals surface area contributed by atoms with Crippen LogP contribution in [-0.4, -0.2) is 34.6 Å². The van der Waals surface area contributed by atoms with Gasteiger partial charge in [0.05, 0.1) is 28.5 Å². The van der Waals surface area contributed by atoms with Crippen molar-refractivity contribution in [3.05, 3.63) is 69.8 Å². The first-order valence-electron chi connectivity index (χ1n) is 11.2. The minimum absolute atomic E-state index is 0.0986. The van der Waals surface area contributed by atoms with Crippen LogP contribution in [-0.2, 0) is 14.4 Å². The Labute approximate surface area is 197 Å². The Balaban J connectivity index is 1.64. The highest BCUT2D eigenvalue weighted by Gasteiger charge is 2.65. The SMILES string of the molecule is Cc1cc([N+](=O)[O-])ccc1N1C(=O)[C@@H]2[C@H](C1=O)[C@@H]1C=Cc3ccccc3N1[C@@H]2C(=O)C(C)(C)C. The van der Waals surface area contributed by atoms with Crippen molar-refractivity contribution in [3.8, 4) is 0 Å². The number of hydrogen-bond donors (Lipinski definition) is 0. The lowest BCUT2D eigenvalue weighted by molar-refractivity contribution is -0.384. The fourth-order valence-corrected chi connectivity index (χ4v) is 5.50. The van der Waals surface area contributed by atoms with E-state index in [0.29, 0.717) is 11.3 Å². The van der Waals surface area contributed by atoms with E-state index in [-0.39, 0.29) is 17.4 Å². The van der Waals surface area contributed by atoms with E-state index in [0.717, 1.165) is 16.2 Å². The molecule has 0 unspecified atom stereocenters. The van der Waals surface area contributed by atoms with Crippen LogP contribution in [0.2, 0.25) is 0 Å². The topological polar surface area (TPSA) is 101 Å². The lowest BCUT2D eigenvalue weighted by Gasteiger charge is -2.38. The third-order valence-electron chi connectivity index (χ3n) is 7.05. The number of non-ortho nitro benzene ring substituents is 1. The van der Waals surface area contributed by atoms with Gasteiger partial charge in [-0.3, -0.25) is 24.5 Å². The number of nitro benzene ring substituents is 1. The zero-order valence-corrected chi connectivity index (χ0v) is 19.4. The molecule has 2 aromatic carbocycles. The molecule has 0 radical (unpaired) electrons. The molecule has 2 aromatic rings. The van der Waals surface area contributed by atoms with Crippen molar-refractivity contribution in [1.29, 1.82) is 0 Å². The van der Waals surface area contributed by atoms with E-state index in [4.69, 9.17) is 0 Å². The second-order valence-electron chi connectivity index (χ2n) is 10.2. The van der Waals surface area contributed by atoms with Crippen molar-refractivity contribution in [3.63, 3.8) is 0 Å². The predicted molar refractivity (Wildman–Crippen MR) is 127 cm³/mol. The molecule has 8 heteroatoms. The number of anilines is 2. The Kier molecular flexibility index (Phi) is 4.76. The van der Waals surface area contributed by atoms with Crippen LogP contribution in [0.25, 0.3) is 6.08 Å². The number of benzene rings is 2. The van der Waals surface area contributed by atoms with Gasteiger partial charge in [0.15, 0.2) is 5.78 Å². The number of aryl methyl sites for hydroxylation is 1. The van der Waals surface area contributed by atoms with E-state index in [1.807, 2.05) is 62.1 Å². The standard InChI is InChI=1S/C26H25N3O5/c1-14-13-16(29(33)34)10-12-17(14)28-24(31)20-19-11-9-15-7-5-6-8-18(15)27(19)22(21(20)25(28)32)23(30)26(2,3)4/h5-13,19-22H,1-4H3/t19-,20+,21+,22-/m0/s1. The summed E-state index contributed by atoms with van der Waals surface area (Å²) in [5.41, 5.74) is 1.72. The first kappa shape index (κ1) is 22.0. The second-order valence-corrected chi connectivity index (χ2v) is 10.2. The Morgan fingerprint density at radius 2 is 1.68 bits per heavy atom. The van der Waals surface area contributed by atoms with Crippen molar-refractivity contribution >= 4 is 40.7 Å². The Hall–Kier alpha value is -3.81. The summed E-state index contributed by atoms with van der Waals surface area (Å²) in [7, 11) is 0. The Morgan fingerprint density at radius 1 is 1.00 bits per heavy atom. The van der Waals surface area contributed by atoms with Crippen LogP contribution in [0.15, 0.2) is 48.5 Å². The molecule has 2 fully saturated rings. The van der Waals surface area contributed by atoms with Crippen molar-refractivity contribution < 1.29 is 19.3 Å². The molecule has 34 heavy (non-hydrogen) atoms. The maximum Gasteiger partial charge on any atom is 0.269 e. The van der Waals surface area contributed by atoms with E-state index < -0.39 is 40.2 Å². The van der Waals surface area contributed by atoms with Crippen LogP contribution in [0, 0.1) is 34.3 Å². The third kappa shape index (κ3) is 3.01. The lowest BCUT2D eigenvalue weighted by atomic mass is 9.79. The first-order chi connectivity index (χ1) is 16.0. The smallest absolute Gasteiger partial charge is 0.269 e. The maximum atomic E-state index is 13.8. The average Bonchev–Trinajstić information content (AvgIpc) is 3.25. The second kappa shape index (κ2) is 7.35. The summed E-state index contributed by atoms with van der Waals surface area (Å²) in [5, 5.41) is 11.2. The van der Waals surface area contributed by atoms with E-state index in [1.54, 1.807) is 6.92 Å². The van der Waals surface area contributed by atoms with Gasteiger partial charge < -0.3 is 4.90 Å². The van der Waals surface area contributed by atoms with Gasteiger partial charge in [-0.1, -0.05) is 51.1 Å². The molecule has 0 saturated carbocycles. The van der Waals surface area contributed by atoms with Crippen LogP contribution in [0.1, 0.15) is 31.9 Å². The third-order valence-corrected chi connectivity index (χ3v) is 7.05. The fraction of sp³-hybridized carbons (Fsp3) is 0.346. The number of hydrogen-bond acceptors (Lipinski definition) is 6. The zero-order valence-electron chi connectivity index (χ0n) is 19.4. The van der Waals surface area contributed by atoms with Crippen molar-refractivity contribution in [2.24, 2.45) is 17.3 Å². The number of Topliss-reactive ketones (excluding diaryl/α,β-unsaturated/α-hetero) is 1. The predicted octanol–water partition coefficient (Wildman–Crippen LogP) is 3.91. The number of amides is 2. The molecule has 2 amide bonds. The Morgan fingerprint density at radius 3 is 2.32 bits per heavy atom. The van der Waals surface area contributed by atoms with Crippen LogP contribution >= 0.6 is 0 Å². The van der Waals surface area contributed by atoms with Crippen LogP contribution in [0.4, 0.5) is 17.1 Å². The summed E-state index contributed by atoms with van der Waals surface area (Å²) in [6.07, 6.45) is 3.85. The highest BCUT2D eigenvalue weighted by molar-refractivity contribution is 6.25. The van der Waals surface area contributed by atoms with Gasteiger partial charge in [0.1, 0.15) is 6.04 Å². The number of carbonyl (C=O) groups is 3. The van der Waals surface area contributed by atoms with Gasteiger partial charge in [0, 0.05) is 23.2 Å². The summed E-state index contributed by atoms with van der Waals surface area (Å²) < 4.78 is 0. The van der Waals surface area contributed by atoms with Crippen LogP contribution < -0.4 is 9.80 Å². The van der Waals surface area contributed by atoms with Crippen molar-refractivity contribution in [2.45, 2.75) is 39.8 Å². The molecule has 3 heterocycles. The van der Waals surface area contributed by atoms with Crippen LogP contribution in [0.5, 0.6) is 0 Å². The summed E-state index contributed by atoms with van der Waals surface area (Å²) in [6, 6.07) is 10.5. The number of carbonyl (C=O) groups excluding carboxylic acids is 3. The number of nitro groups is 1. The summed E-state index contributed by atoms with van der Waals surface area (Å²) in [6.45, 7) is 7.10. The molecule has 5 rings (SSSR count). The zero-order chi connectivity index (χ0) is 24.5. The normalized spacial score (nSPS) is 25.3. The molecule has 8 nitrogen and oxygen atoms in total. The van der Waals surface area contributed by atoms with Crippen molar-refractivity contribution in [1.82, 2.24) is 0 Å². The molecule has 0 bridgehead atoms. The number of rotatable bonds is 3. The highest BCUT2D eigenvalue weighted by atomic mass is 16.6.